The van der Waals surface area contributed by atoms with Crippen molar-refractivity contribution in [1.29, 1.82) is 0 Å². The van der Waals surface area contributed by atoms with Crippen LogP contribution in [0.3, 0.4) is 0 Å². The van der Waals surface area contributed by atoms with Crippen LogP contribution in [0.1, 0.15) is 38.2 Å². The van der Waals surface area contributed by atoms with E-state index in [1.54, 1.807) is 6.20 Å². The lowest BCUT2D eigenvalue weighted by Crippen LogP contribution is -2.22. The number of fused-ring (bicyclic) bond motifs is 1. The number of benzene rings is 1. The molecular formula is C17H23N5O2S. The van der Waals surface area contributed by atoms with Gasteiger partial charge in [0.15, 0.2) is 0 Å². The van der Waals surface area contributed by atoms with Crippen LogP contribution < -0.4 is 11.5 Å². The zero-order valence-electron chi connectivity index (χ0n) is 14.2. The smallest absolute Gasteiger partial charge is 0.238 e. The van der Waals surface area contributed by atoms with Crippen molar-refractivity contribution in [3.05, 3.63) is 36.0 Å². The SMILES string of the molecule is CCCCS(=O)(=O)n1cc(/C(=N\N=C(N)N)C2CC2)c2ccccc21. The second kappa shape index (κ2) is 6.87. The Morgan fingerprint density at radius 1 is 1.24 bits per heavy atom. The maximum Gasteiger partial charge on any atom is 0.238 e. The van der Waals surface area contributed by atoms with Crippen LogP contribution in [0.4, 0.5) is 0 Å². The van der Waals surface area contributed by atoms with E-state index in [1.807, 2.05) is 31.2 Å². The number of unbranched alkanes of at least 4 members (excludes halogenated alkanes) is 1. The lowest BCUT2D eigenvalue weighted by Gasteiger charge is -2.06. The molecule has 1 aliphatic carbocycles. The molecule has 1 aliphatic rings. The normalized spacial score (nSPS) is 15.5. The van der Waals surface area contributed by atoms with Crippen LogP contribution in [-0.4, -0.2) is 29.8 Å². The van der Waals surface area contributed by atoms with E-state index in [0.717, 1.165) is 35.9 Å². The number of guanidine groups is 1. The lowest BCUT2D eigenvalue weighted by molar-refractivity contribution is 0.585. The highest BCUT2D eigenvalue weighted by atomic mass is 32.2. The minimum atomic E-state index is -3.42. The lowest BCUT2D eigenvalue weighted by atomic mass is 10.1. The molecule has 0 radical (unpaired) electrons. The van der Waals surface area contributed by atoms with Gasteiger partial charge in [0.1, 0.15) is 0 Å². The molecule has 2 aromatic rings. The van der Waals surface area contributed by atoms with Gasteiger partial charge >= 0.3 is 0 Å². The van der Waals surface area contributed by atoms with Crippen molar-refractivity contribution in [3.63, 3.8) is 0 Å². The topological polar surface area (TPSA) is 116 Å². The highest BCUT2D eigenvalue weighted by molar-refractivity contribution is 7.90. The molecule has 0 unspecified atom stereocenters. The fraction of sp³-hybridized carbons (Fsp3) is 0.412. The molecule has 1 aromatic heterocycles. The van der Waals surface area contributed by atoms with Crippen LogP contribution >= 0.6 is 0 Å². The first-order chi connectivity index (χ1) is 11.9. The molecule has 25 heavy (non-hydrogen) atoms. The molecule has 3 rings (SSSR count). The van der Waals surface area contributed by atoms with Gasteiger partial charge in [0, 0.05) is 23.1 Å². The molecule has 1 aromatic carbocycles. The third-order valence-corrected chi connectivity index (χ3v) is 5.95. The van der Waals surface area contributed by atoms with Gasteiger partial charge in [0.25, 0.3) is 0 Å². The van der Waals surface area contributed by atoms with E-state index in [0.29, 0.717) is 11.9 Å². The van der Waals surface area contributed by atoms with E-state index < -0.39 is 10.0 Å². The molecule has 8 heteroatoms. The fourth-order valence-corrected chi connectivity index (χ4v) is 4.41. The maximum absolute atomic E-state index is 12.7. The van der Waals surface area contributed by atoms with Crippen molar-refractivity contribution in [2.75, 3.05) is 5.75 Å². The summed E-state index contributed by atoms with van der Waals surface area (Å²) in [5.74, 6) is 0.268. The molecule has 0 bridgehead atoms. The third kappa shape index (κ3) is 3.68. The standard InChI is InChI=1S/C17H23N5O2S/c1-2-3-10-25(23,24)22-11-14(13-6-4-5-7-15(13)22)16(12-8-9-12)20-21-17(18)19/h4-7,11-12H,2-3,8-10H2,1H3,(H4,18,19,21)/b20-16-. The second-order valence-electron chi connectivity index (χ2n) is 6.31. The van der Waals surface area contributed by atoms with Gasteiger partial charge in [-0.05, 0) is 25.3 Å². The Bertz CT molecular complexity index is 935. The zero-order chi connectivity index (χ0) is 18.0. The van der Waals surface area contributed by atoms with Gasteiger partial charge in [-0.3, -0.25) is 0 Å². The molecular weight excluding hydrogens is 338 g/mol. The summed E-state index contributed by atoms with van der Waals surface area (Å²) in [6.07, 6.45) is 5.11. The summed E-state index contributed by atoms with van der Waals surface area (Å²) in [5.41, 5.74) is 13.0. The summed E-state index contributed by atoms with van der Waals surface area (Å²) in [7, 11) is -3.42. The van der Waals surface area contributed by atoms with Crippen molar-refractivity contribution in [1.82, 2.24) is 3.97 Å². The fourth-order valence-electron chi connectivity index (χ4n) is 2.83. The highest BCUT2D eigenvalue weighted by Crippen LogP contribution is 2.36. The second-order valence-corrected chi connectivity index (χ2v) is 8.28. The van der Waals surface area contributed by atoms with E-state index in [9.17, 15) is 8.42 Å². The van der Waals surface area contributed by atoms with Crippen molar-refractivity contribution in [2.45, 2.75) is 32.6 Å². The minimum Gasteiger partial charge on any atom is -0.369 e. The van der Waals surface area contributed by atoms with E-state index in [4.69, 9.17) is 11.5 Å². The Hall–Kier alpha value is -2.35. The molecule has 134 valence electrons. The van der Waals surface area contributed by atoms with Crippen molar-refractivity contribution in [2.24, 2.45) is 27.6 Å². The summed E-state index contributed by atoms with van der Waals surface area (Å²) >= 11 is 0. The Balaban J connectivity index is 2.17. The molecule has 1 fully saturated rings. The van der Waals surface area contributed by atoms with E-state index in [1.165, 1.54) is 3.97 Å². The van der Waals surface area contributed by atoms with Crippen molar-refractivity contribution in [3.8, 4) is 0 Å². The zero-order valence-corrected chi connectivity index (χ0v) is 15.0. The average molecular weight is 361 g/mol. The van der Waals surface area contributed by atoms with Crippen LogP contribution in [0, 0.1) is 5.92 Å². The number of hydrogen-bond donors (Lipinski definition) is 2. The van der Waals surface area contributed by atoms with Gasteiger partial charge in [0.2, 0.25) is 16.0 Å². The van der Waals surface area contributed by atoms with Crippen LogP contribution in [0.5, 0.6) is 0 Å². The monoisotopic (exact) mass is 361 g/mol. The largest absolute Gasteiger partial charge is 0.369 e. The summed E-state index contributed by atoms with van der Waals surface area (Å²) in [5, 5.41) is 8.85. The van der Waals surface area contributed by atoms with Gasteiger partial charge in [-0.2, -0.15) is 5.10 Å². The van der Waals surface area contributed by atoms with Crippen LogP contribution in [0.25, 0.3) is 10.9 Å². The van der Waals surface area contributed by atoms with Crippen LogP contribution in [-0.2, 0) is 10.0 Å². The van der Waals surface area contributed by atoms with Gasteiger partial charge in [-0.1, -0.05) is 31.5 Å². The predicted molar refractivity (Wildman–Crippen MR) is 101 cm³/mol. The van der Waals surface area contributed by atoms with Crippen molar-refractivity contribution < 1.29 is 8.42 Å². The van der Waals surface area contributed by atoms with E-state index in [2.05, 4.69) is 10.2 Å². The third-order valence-electron chi connectivity index (χ3n) is 4.25. The van der Waals surface area contributed by atoms with Crippen LogP contribution in [0.2, 0.25) is 0 Å². The molecule has 0 saturated heterocycles. The Morgan fingerprint density at radius 2 is 1.96 bits per heavy atom. The molecule has 4 N–H and O–H groups in total. The number of nitrogens with zero attached hydrogens (tertiary/aromatic N) is 3. The Morgan fingerprint density at radius 3 is 2.60 bits per heavy atom. The highest BCUT2D eigenvalue weighted by Gasteiger charge is 2.32. The quantitative estimate of drug-likeness (QED) is 0.446. The predicted octanol–water partition coefficient (Wildman–Crippen LogP) is 2.01. The van der Waals surface area contributed by atoms with Gasteiger partial charge in [0.05, 0.1) is 17.0 Å². The van der Waals surface area contributed by atoms with Crippen molar-refractivity contribution >= 4 is 32.6 Å². The summed E-state index contributed by atoms with van der Waals surface area (Å²) < 4.78 is 26.9. The molecule has 7 nitrogen and oxygen atoms in total. The molecule has 0 amide bonds. The van der Waals surface area contributed by atoms with E-state index in [-0.39, 0.29) is 17.6 Å². The summed E-state index contributed by atoms with van der Waals surface area (Å²) in [6.45, 7) is 1.97. The van der Waals surface area contributed by atoms with E-state index >= 15 is 0 Å². The molecule has 1 saturated carbocycles. The number of rotatable bonds is 7. The first-order valence-electron chi connectivity index (χ1n) is 8.44. The van der Waals surface area contributed by atoms with Gasteiger partial charge < -0.3 is 11.5 Å². The molecule has 0 aliphatic heterocycles. The number of nitrogens with two attached hydrogens (primary N) is 2. The van der Waals surface area contributed by atoms with Gasteiger partial charge in [-0.25, -0.2) is 12.4 Å². The molecule has 0 spiro atoms. The summed E-state index contributed by atoms with van der Waals surface area (Å²) in [4.78, 5) is 0. The maximum atomic E-state index is 12.7. The average Bonchev–Trinajstić information content (AvgIpc) is 3.34. The molecule has 1 heterocycles. The Kier molecular flexibility index (Phi) is 4.80. The summed E-state index contributed by atoms with van der Waals surface area (Å²) in [6, 6.07) is 7.44. The minimum absolute atomic E-state index is 0.113. The van der Waals surface area contributed by atoms with Gasteiger partial charge in [-0.15, -0.1) is 5.10 Å². The Labute approximate surface area is 147 Å². The first kappa shape index (κ1) is 17.5. The number of para-hydroxylation sites is 1. The number of aromatic nitrogens is 1. The molecule has 0 atom stereocenters. The first-order valence-corrected chi connectivity index (χ1v) is 10.0. The van der Waals surface area contributed by atoms with Crippen LogP contribution in [0.15, 0.2) is 40.7 Å². The number of hydrogen-bond acceptors (Lipinski definition) is 4.